The predicted octanol–water partition coefficient (Wildman–Crippen LogP) is 1.70. The van der Waals surface area contributed by atoms with Crippen molar-refractivity contribution < 1.29 is 4.79 Å². The third-order valence-corrected chi connectivity index (χ3v) is 3.15. The van der Waals surface area contributed by atoms with E-state index in [0.717, 1.165) is 19.5 Å². The third kappa shape index (κ3) is 2.59. The Labute approximate surface area is 86.7 Å². The molecule has 1 heterocycles. The summed E-state index contributed by atoms with van der Waals surface area (Å²) < 4.78 is 0. The molecule has 14 heavy (non-hydrogen) atoms. The highest BCUT2D eigenvalue weighted by molar-refractivity contribution is 5.82. The number of ketones is 1. The van der Waals surface area contributed by atoms with Gasteiger partial charge >= 0.3 is 0 Å². The number of hydrogen-bond donors (Lipinski definition) is 0. The van der Waals surface area contributed by atoms with E-state index in [9.17, 15) is 4.79 Å². The van der Waals surface area contributed by atoms with E-state index in [1.54, 1.807) is 0 Å². The van der Waals surface area contributed by atoms with Gasteiger partial charge in [-0.25, -0.2) is 0 Å². The van der Waals surface area contributed by atoms with E-state index in [4.69, 9.17) is 0 Å². The van der Waals surface area contributed by atoms with Crippen LogP contribution in [0.2, 0.25) is 0 Å². The molecule has 0 aromatic carbocycles. The molecular formula is C12H19NO. The SMILES string of the molecule is CC#CCCN1CCC(=O)C(C)C1C. The van der Waals surface area contributed by atoms with Crippen LogP contribution in [0, 0.1) is 17.8 Å². The van der Waals surface area contributed by atoms with Crippen LogP contribution < -0.4 is 0 Å². The normalized spacial score (nSPS) is 28.4. The highest BCUT2D eigenvalue weighted by atomic mass is 16.1. The molecule has 0 N–H and O–H groups in total. The summed E-state index contributed by atoms with van der Waals surface area (Å²) >= 11 is 0. The number of hydrogen-bond acceptors (Lipinski definition) is 2. The fraction of sp³-hybridized carbons (Fsp3) is 0.750. The fourth-order valence-corrected chi connectivity index (χ4v) is 1.91. The van der Waals surface area contributed by atoms with Crippen molar-refractivity contribution in [3.05, 3.63) is 0 Å². The van der Waals surface area contributed by atoms with E-state index < -0.39 is 0 Å². The molecule has 0 saturated carbocycles. The Bertz CT molecular complexity index is 261. The molecule has 2 atom stereocenters. The average Bonchev–Trinajstić information content (AvgIpc) is 2.18. The lowest BCUT2D eigenvalue weighted by atomic mass is 9.90. The molecule has 0 aliphatic carbocycles. The maximum Gasteiger partial charge on any atom is 0.138 e. The molecule has 1 aliphatic rings. The third-order valence-electron chi connectivity index (χ3n) is 3.15. The van der Waals surface area contributed by atoms with Crippen molar-refractivity contribution in [2.24, 2.45) is 5.92 Å². The molecule has 0 bridgehead atoms. The van der Waals surface area contributed by atoms with Crippen molar-refractivity contribution in [2.45, 2.75) is 39.7 Å². The molecule has 0 aromatic heterocycles. The zero-order valence-corrected chi connectivity index (χ0v) is 9.34. The molecule has 0 amide bonds. The van der Waals surface area contributed by atoms with E-state index in [1.165, 1.54) is 0 Å². The molecule has 78 valence electrons. The Morgan fingerprint density at radius 1 is 1.50 bits per heavy atom. The van der Waals surface area contributed by atoms with Gasteiger partial charge in [0.05, 0.1) is 0 Å². The van der Waals surface area contributed by atoms with Gasteiger partial charge in [0.2, 0.25) is 0 Å². The topological polar surface area (TPSA) is 20.3 Å². The number of likely N-dealkylation sites (tertiary alicyclic amines) is 1. The zero-order chi connectivity index (χ0) is 10.6. The summed E-state index contributed by atoms with van der Waals surface area (Å²) in [5.74, 6) is 6.57. The van der Waals surface area contributed by atoms with Gasteiger partial charge in [0.25, 0.3) is 0 Å². The van der Waals surface area contributed by atoms with Crippen molar-refractivity contribution in [3.8, 4) is 11.8 Å². The van der Waals surface area contributed by atoms with E-state index in [2.05, 4.69) is 23.7 Å². The van der Waals surface area contributed by atoms with E-state index in [-0.39, 0.29) is 5.92 Å². The van der Waals surface area contributed by atoms with Gasteiger partial charge in [-0.1, -0.05) is 6.92 Å². The van der Waals surface area contributed by atoms with Gasteiger partial charge in [-0.2, -0.15) is 0 Å². The summed E-state index contributed by atoms with van der Waals surface area (Å²) in [7, 11) is 0. The number of carbonyl (C=O) groups is 1. The summed E-state index contributed by atoms with van der Waals surface area (Å²) in [5.41, 5.74) is 0. The van der Waals surface area contributed by atoms with Crippen molar-refractivity contribution in [1.29, 1.82) is 0 Å². The predicted molar refractivity (Wildman–Crippen MR) is 57.9 cm³/mol. The quantitative estimate of drug-likeness (QED) is 0.622. The van der Waals surface area contributed by atoms with Crippen LogP contribution in [0.1, 0.15) is 33.6 Å². The molecule has 2 unspecified atom stereocenters. The average molecular weight is 193 g/mol. The standard InChI is InChI=1S/C12H19NO/c1-4-5-6-8-13-9-7-12(14)10(2)11(13)3/h10-11H,6-9H2,1-3H3. The highest BCUT2D eigenvalue weighted by Crippen LogP contribution is 2.19. The minimum Gasteiger partial charge on any atom is -0.299 e. The second kappa shape index (κ2) is 5.17. The van der Waals surface area contributed by atoms with Crippen LogP contribution in [0.4, 0.5) is 0 Å². The van der Waals surface area contributed by atoms with Crippen molar-refractivity contribution in [2.75, 3.05) is 13.1 Å². The molecule has 2 heteroatoms. The van der Waals surface area contributed by atoms with Crippen LogP contribution in [0.15, 0.2) is 0 Å². The molecule has 1 aliphatic heterocycles. The second-order valence-electron chi connectivity index (χ2n) is 3.96. The lowest BCUT2D eigenvalue weighted by Gasteiger charge is -2.36. The summed E-state index contributed by atoms with van der Waals surface area (Å²) in [5, 5.41) is 0. The van der Waals surface area contributed by atoms with Crippen LogP contribution in [0.5, 0.6) is 0 Å². The molecule has 1 fully saturated rings. The smallest absolute Gasteiger partial charge is 0.138 e. The molecular weight excluding hydrogens is 174 g/mol. The van der Waals surface area contributed by atoms with Gasteiger partial charge in [0.1, 0.15) is 5.78 Å². The number of Topliss-reactive ketones (excluding diaryl/α,β-unsaturated/α-hetero) is 1. The van der Waals surface area contributed by atoms with Crippen LogP contribution >= 0.6 is 0 Å². The monoisotopic (exact) mass is 193 g/mol. The van der Waals surface area contributed by atoms with Crippen LogP contribution in [0.25, 0.3) is 0 Å². The molecule has 1 rings (SSSR count). The van der Waals surface area contributed by atoms with Gasteiger partial charge in [0, 0.05) is 37.9 Å². The fourth-order valence-electron chi connectivity index (χ4n) is 1.91. The number of rotatable bonds is 2. The minimum absolute atomic E-state index is 0.193. The number of nitrogens with zero attached hydrogens (tertiary/aromatic N) is 1. The van der Waals surface area contributed by atoms with E-state index in [0.29, 0.717) is 18.2 Å². The van der Waals surface area contributed by atoms with Gasteiger partial charge in [-0.05, 0) is 13.8 Å². The first-order chi connectivity index (χ1) is 6.66. The number of carbonyl (C=O) groups excluding carboxylic acids is 1. The Kier molecular flexibility index (Phi) is 4.16. The summed E-state index contributed by atoms with van der Waals surface area (Å²) in [6.45, 7) is 7.95. The van der Waals surface area contributed by atoms with E-state index in [1.807, 2.05) is 13.8 Å². The highest BCUT2D eigenvalue weighted by Gasteiger charge is 2.29. The Balaban J connectivity index is 2.45. The van der Waals surface area contributed by atoms with Crippen LogP contribution in [-0.4, -0.2) is 29.8 Å². The van der Waals surface area contributed by atoms with Crippen LogP contribution in [0.3, 0.4) is 0 Å². The lowest BCUT2D eigenvalue weighted by molar-refractivity contribution is -0.127. The first kappa shape index (κ1) is 11.3. The Morgan fingerprint density at radius 2 is 2.21 bits per heavy atom. The largest absolute Gasteiger partial charge is 0.299 e. The minimum atomic E-state index is 0.193. The molecule has 0 spiro atoms. The maximum absolute atomic E-state index is 11.4. The van der Waals surface area contributed by atoms with Crippen molar-refractivity contribution in [3.63, 3.8) is 0 Å². The lowest BCUT2D eigenvalue weighted by Crippen LogP contribution is -2.46. The summed E-state index contributed by atoms with van der Waals surface area (Å²) in [6.07, 6.45) is 1.63. The molecule has 0 aromatic rings. The zero-order valence-electron chi connectivity index (χ0n) is 9.34. The Morgan fingerprint density at radius 3 is 2.86 bits per heavy atom. The molecule has 2 nitrogen and oxygen atoms in total. The second-order valence-corrected chi connectivity index (χ2v) is 3.96. The Hall–Kier alpha value is -0.810. The van der Waals surface area contributed by atoms with Crippen LogP contribution in [-0.2, 0) is 4.79 Å². The van der Waals surface area contributed by atoms with E-state index >= 15 is 0 Å². The van der Waals surface area contributed by atoms with Crippen molar-refractivity contribution >= 4 is 5.78 Å². The summed E-state index contributed by atoms with van der Waals surface area (Å²) in [6, 6.07) is 0.384. The summed E-state index contributed by atoms with van der Waals surface area (Å²) in [4.78, 5) is 13.8. The molecule has 0 radical (unpaired) electrons. The number of piperidine rings is 1. The van der Waals surface area contributed by atoms with Gasteiger partial charge < -0.3 is 0 Å². The van der Waals surface area contributed by atoms with Crippen molar-refractivity contribution in [1.82, 2.24) is 4.90 Å². The van der Waals surface area contributed by atoms with Gasteiger partial charge in [0.15, 0.2) is 0 Å². The molecule has 1 saturated heterocycles. The van der Waals surface area contributed by atoms with Gasteiger partial charge in [-0.3, -0.25) is 9.69 Å². The van der Waals surface area contributed by atoms with Gasteiger partial charge in [-0.15, -0.1) is 11.8 Å². The maximum atomic E-state index is 11.4. The first-order valence-electron chi connectivity index (χ1n) is 5.33. The first-order valence-corrected chi connectivity index (χ1v) is 5.33.